The van der Waals surface area contributed by atoms with Crippen LogP contribution < -0.4 is 0 Å². The SMILES string of the molecule is CC1SCCN(CCc2nc(CCl)cs2)C1C. The van der Waals surface area contributed by atoms with E-state index in [9.17, 15) is 0 Å². The maximum atomic E-state index is 5.76. The van der Waals surface area contributed by atoms with Gasteiger partial charge in [-0.05, 0) is 6.92 Å². The molecule has 96 valence electrons. The Hall–Kier alpha value is 0.230. The van der Waals surface area contributed by atoms with E-state index in [0.29, 0.717) is 11.9 Å². The maximum absolute atomic E-state index is 5.76. The van der Waals surface area contributed by atoms with Crippen LogP contribution in [0.1, 0.15) is 24.5 Å². The summed E-state index contributed by atoms with van der Waals surface area (Å²) in [6.07, 6.45) is 1.06. The standard InChI is InChI=1S/C12H19ClN2S2/c1-9-10(2)16-6-5-15(9)4-3-12-14-11(7-13)8-17-12/h8-10H,3-7H2,1-2H3. The Morgan fingerprint density at radius 2 is 2.35 bits per heavy atom. The van der Waals surface area contributed by atoms with Gasteiger partial charge < -0.3 is 0 Å². The molecule has 2 rings (SSSR count). The van der Waals surface area contributed by atoms with Crippen molar-refractivity contribution < 1.29 is 0 Å². The lowest BCUT2D eigenvalue weighted by Crippen LogP contribution is -2.45. The molecule has 0 radical (unpaired) electrons. The molecule has 1 aromatic rings. The molecular formula is C12H19ClN2S2. The number of thiazole rings is 1. The van der Waals surface area contributed by atoms with Crippen LogP contribution in [-0.4, -0.2) is 40.0 Å². The molecule has 0 N–H and O–H groups in total. The zero-order valence-electron chi connectivity index (χ0n) is 10.4. The summed E-state index contributed by atoms with van der Waals surface area (Å²) in [6.45, 7) is 7.00. The third-order valence-electron chi connectivity index (χ3n) is 3.36. The number of hydrogen-bond acceptors (Lipinski definition) is 4. The number of thioether (sulfide) groups is 1. The van der Waals surface area contributed by atoms with E-state index in [1.165, 1.54) is 17.3 Å². The quantitative estimate of drug-likeness (QED) is 0.792. The molecule has 0 bridgehead atoms. The first-order valence-electron chi connectivity index (χ1n) is 6.05. The Labute approximate surface area is 117 Å². The number of rotatable bonds is 4. The summed E-state index contributed by atoms with van der Waals surface area (Å²) in [4.78, 5) is 7.10. The van der Waals surface area contributed by atoms with Crippen molar-refractivity contribution in [3.8, 4) is 0 Å². The van der Waals surface area contributed by atoms with Crippen LogP contribution >= 0.6 is 34.7 Å². The second-order valence-corrected chi connectivity index (χ2v) is 7.16. The van der Waals surface area contributed by atoms with Crippen LogP contribution in [0.3, 0.4) is 0 Å². The minimum atomic E-state index is 0.532. The minimum Gasteiger partial charge on any atom is -0.298 e. The highest BCUT2D eigenvalue weighted by Gasteiger charge is 2.24. The Bertz CT molecular complexity index is 356. The number of aromatic nitrogens is 1. The monoisotopic (exact) mass is 290 g/mol. The molecule has 0 saturated carbocycles. The van der Waals surface area contributed by atoms with Crippen LogP contribution in [-0.2, 0) is 12.3 Å². The lowest BCUT2D eigenvalue weighted by molar-refractivity contribution is 0.215. The van der Waals surface area contributed by atoms with Crippen molar-refractivity contribution in [2.75, 3.05) is 18.8 Å². The Kier molecular flexibility index (Phi) is 5.15. The lowest BCUT2D eigenvalue weighted by Gasteiger charge is -2.37. The fraction of sp³-hybridized carbons (Fsp3) is 0.750. The fourth-order valence-electron chi connectivity index (χ4n) is 2.08. The number of nitrogens with zero attached hydrogens (tertiary/aromatic N) is 2. The van der Waals surface area contributed by atoms with Gasteiger partial charge in [0.1, 0.15) is 0 Å². The van der Waals surface area contributed by atoms with Gasteiger partial charge in [0.05, 0.1) is 16.6 Å². The third kappa shape index (κ3) is 3.60. The Balaban J connectivity index is 1.84. The first kappa shape index (κ1) is 13.7. The molecule has 1 fully saturated rings. The van der Waals surface area contributed by atoms with Gasteiger partial charge in [-0.2, -0.15) is 11.8 Å². The van der Waals surface area contributed by atoms with Crippen molar-refractivity contribution in [2.45, 2.75) is 37.4 Å². The molecule has 2 unspecified atom stereocenters. The molecule has 0 amide bonds. The summed E-state index contributed by atoms with van der Waals surface area (Å²) in [6, 6.07) is 0.682. The van der Waals surface area contributed by atoms with Crippen molar-refractivity contribution in [3.63, 3.8) is 0 Å². The summed E-state index contributed by atoms with van der Waals surface area (Å²) in [5.74, 6) is 1.79. The molecule has 1 aromatic heterocycles. The van der Waals surface area contributed by atoms with Gasteiger partial charge in [0.15, 0.2) is 0 Å². The van der Waals surface area contributed by atoms with Crippen LogP contribution in [0, 0.1) is 0 Å². The molecule has 2 atom stereocenters. The average molecular weight is 291 g/mol. The number of hydrogen-bond donors (Lipinski definition) is 0. The van der Waals surface area contributed by atoms with Crippen LogP contribution in [0.4, 0.5) is 0 Å². The van der Waals surface area contributed by atoms with Gasteiger partial charge in [0.25, 0.3) is 0 Å². The van der Waals surface area contributed by atoms with E-state index in [1.807, 2.05) is 0 Å². The van der Waals surface area contributed by atoms with Gasteiger partial charge >= 0.3 is 0 Å². The van der Waals surface area contributed by atoms with Gasteiger partial charge in [0.2, 0.25) is 0 Å². The number of alkyl halides is 1. The van der Waals surface area contributed by atoms with Crippen molar-refractivity contribution >= 4 is 34.7 Å². The molecule has 0 aromatic carbocycles. The highest BCUT2D eigenvalue weighted by atomic mass is 35.5. The topological polar surface area (TPSA) is 16.1 Å². The van der Waals surface area contributed by atoms with Crippen LogP contribution in [0.25, 0.3) is 0 Å². The summed E-state index contributed by atoms with van der Waals surface area (Å²) in [5.41, 5.74) is 1.02. The Morgan fingerprint density at radius 3 is 3.06 bits per heavy atom. The van der Waals surface area contributed by atoms with Gasteiger partial charge in [-0.25, -0.2) is 4.98 Å². The molecule has 1 saturated heterocycles. The zero-order valence-corrected chi connectivity index (χ0v) is 12.7. The molecule has 2 heterocycles. The van der Waals surface area contributed by atoms with Crippen molar-refractivity contribution in [1.82, 2.24) is 9.88 Å². The number of halogens is 1. The maximum Gasteiger partial charge on any atom is 0.0941 e. The second kappa shape index (κ2) is 6.41. The van der Waals surface area contributed by atoms with Gasteiger partial charge in [-0.1, -0.05) is 6.92 Å². The van der Waals surface area contributed by atoms with Gasteiger partial charge in [-0.3, -0.25) is 4.90 Å². The molecule has 0 aliphatic carbocycles. The highest BCUT2D eigenvalue weighted by Crippen LogP contribution is 2.24. The predicted molar refractivity (Wildman–Crippen MR) is 78.3 cm³/mol. The normalized spacial score (nSPS) is 26.3. The molecular weight excluding hydrogens is 272 g/mol. The molecule has 1 aliphatic heterocycles. The summed E-state index contributed by atoms with van der Waals surface area (Å²) in [7, 11) is 0. The van der Waals surface area contributed by atoms with E-state index < -0.39 is 0 Å². The minimum absolute atomic E-state index is 0.532. The molecule has 5 heteroatoms. The van der Waals surface area contributed by atoms with E-state index in [0.717, 1.165) is 23.9 Å². The zero-order chi connectivity index (χ0) is 12.3. The van der Waals surface area contributed by atoms with E-state index in [2.05, 4.69) is 40.9 Å². The van der Waals surface area contributed by atoms with Crippen LogP contribution in [0.15, 0.2) is 5.38 Å². The van der Waals surface area contributed by atoms with E-state index in [1.54, 1.807) is 11.3 Å². The predicted octanol–water partition coefficient (Wildman–Crippen LogP) is 3.25. The Morgan fingerprint density at radius 1 is 1.53 bits per heavy atom. The van der Waals surface area contributed by atoms with E-state index in [4.69, 9.17) is 11.6 Å². The largest absolute Gasteiger partial charge is 0.298 e. The smallest absolute Gasteiger partial charge is 0.0941 e. The van der Waals surface area contributed by atoms with Crippen LogP contribution in [0.5, 0.6) is 0 Å². The first-order valence-corrected chi connectivity index (χ1v) is 8.52. The van der Waals surface area contributed by atoms with Crippen molar-refractivity contribution in [1.29, 1.82) is 0 Å². The fourth-order valence-corrected chi connectivity index (χ4v) is 4.25. The van der Waals surface area contributed by atoms with E-state index >= 15 is 0 Å². The average Bonchev–Trinajstić information content (AvgIpc) is 2.79. The molecule has 1 aliphatic rings. The summed E-state index contributed by atoms with van der Waals surface area (Å²) < 4.78 is 0. The van der Waals surface area contributed by atoms with E-state index in [-0.39, 0.29) is 0 Å². The third-order valence-corrected chi connectivity index (χ3v) is 5.93. The first-order chi connectivity index (χ1) is 8.20. The molecule has 2 nitrogen and oxygen atoms in total. The highest BCUT2D eigenvalue weighted by molar-refractivity contribution is 8.00. The second-order valence-electron chi connectivity index (χ2n) is 4.47. The van der Waals surface area contributed by atoms with Crippen molar-refractivity contribution in [2.24, 2.45) is 0 Å². The van der Waals surface area contributed by atoms with Crippen molar-refractivity contribution in [3.05, 3.63) is 16.1 Å². The summed E-state index contributed by atoms with van der Waals surface area (Å²) in [5, 5.41) is 4.04. The van der Waals surface area contributed by atoms with Gasteiger partial charge in [0, 0.05) is 41.9 Å². The lowest BCUT2D eigenvalue weighted by atomic mass is 10.2. The molecule has 17 heavy (non-hydrogen) atoms. The van der Waals surface area contributed by atoms with Crippen LogP contribution in [0.2, 0.25) is 0 Å². The molecule has 0 spiro atoms. The van der Waals surface area contributed by atoms with Gasteiger partial charge in [-0.15, -0.1) is 22.9 Å². The summed E-state index contributed by atoms with van der Waals surface area (Å²) >= 11 is 9.59.